The maximum Gasteiger partial charge on any atom is 0.138 e. The molecule has 0 saturated heterocycles. The van der Waals surface area contributed by atoms with E-state index in [0.717, 1.165) is 61.9 Å². The van der Waals surface area contributed by atoms with E-state index in [4.69, 9.17) is 22.1 Å². The van der Waals surface area contributed by atoms with Crippen molar-refractivity contribution in [1.82, 2.24) is 5.32 Å². The highest BCUT2D eigenvalue weighted by Gasteiger charge is 2.59. The first-order valence-electron chi connectivity index (χ1n) is 10.4. The average molecular weight is 413 g/mol. The van der Waals surface area contributed by atoms with E-state index in [1.807, 2.05) is 36.5 Å². The Bertz CT molecular complexity index is 961. The third kappa shape index (κ3) is 3.23. The highest BCUT2D eigenvalue weighted by atomic mass is 35.5. The van der Waals surface area contributed by atoms with E-state index < -0.39 is 0 Å². The predicted octanol–water partition coefficient (Wildman–Crippen LogP) is 5.30. The van der Waals surface area contributed by atoms with Gasteiger partial charge in [0.15, 0.2) is 0 Å². The van der Waals surface area contributed by atoms with Gasteiger partial charge in [0.05, 0.1) is 11.1 Å². The van der Waals surface area contributed by atoms with Crippen LogP contribution in [0.2, 0.25) is 5.02 Å². The molecule has 152 valence electrons. The Hall–Kier alpha value is -2.04. The Morgan fingerprint density at radius 1 is 1.10 bits per heavy atom. The Balaban J connectivity index is 1.36. The van der Waals surface area contributed by atoms with Crippen molar-refractivity contribution in [3.05, 3.63) is 70.1 Å². The topological polar surface area (TPSA) is 47.3 Å². The SMILES string of the molecule is NC1(C2(c3ccccc3F)CCC(Oc3cc4c(cc3Cl)CNC=C4)CC2)CC1. The summed E-state index contributed by atoms with van der Waals surface area (Å²) >= 11 is 6.49. The molecule has 2 fully saturated rings. The van der Waals surface area contributed by atoms with Crippen LogP contribution in [-0.4, -0.2) is 11.6 Å². The lowest BCUT2D eigenvalue weighted by Crippen LogP contribution is -2.51. The fourth-order valence-electron chi connectivity index (χ4n) is 5.21. The van der Waals surface area contributed by atoms with Gasteiger partial charge in [-0.3, -0.25) is 0 Å². The van der Waals surface area contributed by atoms with Gasteiger partial charge in [-0.05, 0) is 85.7 Å². The van der Waals surface area contributed by atoms with Gasteiger partial charge in [0, 0.05) is 17.5 Å². The number of hydrogen-bond acceptors (Lipinski definition) is 3. The summed E-state index contributed by atoms with van der Waals surface area (Å²) in [6, 6.07) is 11.2. The average Bonchev–Trinajstić information content (AvgIpc) is 3.49. The van der Waals surface area contributed by atoms with E-state index in [0.29, 0.717) is 5.02 Å². The fourth-order valence-corrected chi connectivity index (χ4v) is 5.44. The van der Waals surface area contributed by atoms with Crippen LogP contribution in [0.4, 0.5) is 4.39 Å². The van der Waals surface area contributed by atoms with E-state index in [-0.39, 0.29) is 22.9 Å². The first-order chi connectivity index (χ1) is 14.0. The smallest absolute Gasteiger partial charge is 0.138 e. The molecule has 3 N–H and O–H groups in total. The number of nitrogens with two attached hydrogens (primary N) is 1. The van der Waals surface area contributed by atoms with Crippen LogP contribution in [0.15, 0.2) is 42.6 Å². The summed E-state index contributed by atoms with van der Waals surface area (Å²) in [4.78, 5) is 0. The van der Waals surface area contributed by atoms with Crippen molar-refractivity contribution in [3.63, 3.8) is 0 Å². The zero-order valence-electron chi connectivity index (χ0n) is 16.4. The van der Waals surface area contributed by atoms with Crippen molar-refractivity contribution < 1.29 is 9.13 Å². The third-order valence-electron chi connectivity index (χ3n) is 7.08. The Kier molecular flexibility index (Phi) is 4.60. The van der Waals surface area contributed by atoms with Crippen LogP contribution in [0.25, 0.3) is 6.08 Å². The second-order valence-electron chi connectivity index (χ2n) is 8.73. The second-order valence-corrected chi connectivity index (χ2v) is 9.14. The van der Waals surface area contributed by atoms with Crippen molar-refractivity contribution in [2.45, 2.75) is 62.1 Å². The minimum absolute atomic E-state index is 0.0680. The van der Waals surface area contributed by atoms with Crippen LogP contribution in [0.3, 0.4) is 0 Å². The van der Waals surface area contributed by atoms with Crippen LogP contribution < -0.4 is 15.8 Å². The molecule has 0 aromatic heterocycles. The predicted molar refractivity (Wildman–Crippen MR) is 114 cm³/mol. The van der Waals surface area contributed by atoms with Gasteiger partial charge in [0.1, 0.15) is 11.6 Å². The zero-order valence-corrected chi connectivity index (χ0v) is 17.1. The molecule has 0 unspecified atom stereocenters. The Labute approximate surface area is 176 Å². The molecular weight excluding hydrogens is 387 g/mol. The van der Waals surface area contributed by atoms with E-state index in [1.54, 1.807) is 12.1 Å². The molecule has 0 atom stereocenters. The van der Waals surface area contributed by atoms with Gasteiger partial charge in [-0.1, -0.05) is 29.8 Å². The van der Waals surface area contributed by atoms with Crippen LogP contribution in [0.5, 0.6) is 5.75 Å². The van der Waals surface area contributed by atoms with Gasteiger partial charge in [0.25, 0.3) is 0 Å². The van der Waals surface area contributed by atoms with Gasteiger partial charge in [0.2, 0.25) is 0 Å². The van der Waals surface area contributed by atoms with Crippen molar-refractivity contribution in [2.24, 2.45) is 5.73 Å². The molecule has 2 aromatic rings. The first-order valence-corrected chi connectivity index (χ1v) is 10.8. The van der Waals surface area contributed by atoms with Crippen LogP contribution in [-0.2, 0) is 12.0 Å². The lowest BCUT2D eigenvalue weighted by Gasteiger charge is -2.45. The number of benzene rings is 2. The fraction of sp³-hybridized carbons (Fsp3) is 0.417. The number of fused-ring (bicyclic) bond motifs is 1. The van der Waals surface area contributed by atoms with E-state index >= 15 is 0 Å². The largest absolute Gasteiger partial charge is 0.489 e. The van der Waals surface area contributed by atoms with Gasteiger partial charge in [-0.2, -0.15) is 0 Å². The summed E-state index contributed by atoms with van der Waals surface area (Å²) in [5, 5.41) is 3.84. The normalized spacial score (nSPS) is 27.1. The summed E-state index contributed by atoms with van der Waals surface area (Å²) < 4.78 is 21.0. The van der Waals surface area contributed by atoms with Crippen molar-refractivity contribution in [2.75, 3.05) is 0 Å². The van der Waals surface area contributed by atoms with Crippen LogP contribution >= 0.6 is 11.6 Å². The van der Waals surface area contributed by atoms with E-state index in [2.05, 4.69) is 5.32 Å². The molecule has 0 amide bonds. The summed E-state index contributed by atoms with van der Waals surface area (Å²) in [6.07, 6.45) is 9.34. The van der Waals surface area contributed by atoms with Crippen molar-refractivity contribution in [3.8, 4) is 5.75 Å². The molecule has 1 aliphatic heterocycles. The lowest BCUT2D eigenvalue weighted by molar-refractivity contribution is 0.0979. The van der Waals surface area contributed by atoms with Crippen LogP contribution in [0, 0.1) is 5.82 Å². The molecule has 29 heavy (non-hydrogen) atoms. The van der Waals surface area contributed by atoms with Gasteiger partial charge in [-0.15, -0.1) is 0 Å². The third-order valence-corrected chi connectivity index (χ3v) is 7.37. The second kappa shape index (κ2) is 7.03. The van der Waals surface area contributed by atoms with Gasteiger partial charge >= 0.3 is 0 Å². The summed E-state index contributed by atoms with van der Waals surface area (Å²) in [5.74, 6) is 0.593. The molecule has 2 aliphatic carbocycles. The lowest BCUT2D eigenvalue weighted by atomic mass is 9.62. The number of hydrogen-bond donors (Lipinski definition) is 2. The Morgan fingerprint density at radius 2 is 1.86 bits per heavy atom. The highest BCUT2D eigenvalue weighted by molar-refractivity contribution is 6.32. The molecule has 0 radical (unpaired) electrons. The molecule has 1 heterocycles. The van der Waals surface area contributed by atoms with Gasteiger partial charge < -0.3 is 15.8 Å². The zero-order chi connectivity index (χ0) is 20.1. The molecule has 2 saturated carbocycles. The molecule has 3 aliphatic rings. The Morgan fingerprint density at radius 3 is 2.59 bits per heavy atom. The number of rotatable bonds is 4. The summed E-state index contributed by atoms with van der Waals surface area (Å²) in [7, 11) is 0. The molecule has 2 aromatic carbocycles. The molecule has 5 rings (SSSR count). The van der Waals surface area contributed by atoms with Gasteiger partial charge in [-0.25, -0.2) is 4.39 Å². The molecule has 3 nitrogen and oxygen atoms in total. The maximum atomic E-state index is 14.7. The number of ether oxygens (including phenoxy) is 1. The number of halogens is 2. The first kappa shape index (κ1) is 19.0. The molecule has 0 spiro atoms. The monoisotopic (exact) mass is 412 g/mol. The minimum Gasteiger partial charge on any atom is -0.489 e. The van der Waals surface area contributed by atoms with E-state index in [9.17, 15) is 4.39 Å². The highest BCUT2D eigenvalue weighted by Crippen LogP contribution is 2.57. The maximum absolute atomic E-state index is 14.7. The molecular formula is C24H26ClFN2O. The van der Waals surface area contributed by atoms with E-state index in [1.165, 1.54) is 5.56 Å². The number of nitrogens with one attached hydrogen (secondary N) is 1. The van der Waals surface area contributed by atoms with Crippen LogP contribution in [0.1, 0.15) is 55.2 Å². The minimum atomic E-state index is -0.299. The molecule has 0 bridgehead atoms. The van der Waals surface area contributed by atoms with Crippen molar-refractivity contribution >= 4 is 17.7 Å². The quantitative estimate of drug-likeness (QED) is 0.715. The molecule has 5 heteroatoms. The van der Waals surface area contributed by atoms with Crippen molar-refractivity contribution in [1.29, 1.82) is 0 Å². The standard InChI is InChI=1S/C24H26ClFN2O/c25-20-13-17-15-28-12-7-16(17)14-22(20)29-18-5-8-23(9-6-18,24(27)10-11-24)19-3-1-2-4-21(19)26/h1-4,7,12-14,18,28H,5-6,8-11,15,27H2. The summed E-state index contributed by atoms with van der Waals surface area (Å²) in [6.45, 7) is 0.777. The summed E-state index contributed by atoms with van der Waals surface area (Å²) in [5.41, 5.74) is 9.21.